The van der Waals surface area contributed by atoms with Crippen molar-refractivity contribution in [3.05, 3.63) is 17.5 Å². The monoisotopic (exact) mass is 456 g/mol. The van der Waals surface area contributed by atoms with Crippen LogP contribution >= 0.6 is 11.3 Å². The van der Waals surface area contributed by atoms with E-state index in [1.807, 2.05) is 14.1 Å². The average molecular weight is 457 g/mol. The highest BCUT2D eigenvalue weighted by atomic mass is 32.1. The minimum absolute atomic E-state index is 0.202. The number of nitrogens with zero attached hydrogens (tertiary/aromatic N) is 5. The molecule has 9 heteroatoms. The van der Waals surface area contributed by atoms with Crippen LogP contribution in [0.5, 0.6) is 0 Å². The Morgan fingerprint density at radius 2 is 2.00 bits per heavy atom. The van der Waals surface area contributed by atoms with Crippen molar-refractivity contribution in [3.8, 4) is 0 Å². The highest BCUT2D eigenvalue weighted by Gasteiger charge is 2.32. The Labute approximate surface area is 192 Å². The Morgan fingerprint density at radius 1 is 1.19 bits per heavy atom. The van der Waals surface area contributed by atoms with Crippen molar-refractivity contribution >= 4 is 43.4 Å². The molecule has 2 aliphatic rings. The maximum Gasteiger partial charge on any atom is 0.147 e. The summed E-state index contributed by atoms with van der Waals surface area (Å²) in [5.74, 6) is 1.90. The predicted molar refractivity (Wildman–Crippen MR) is 130 cm³/mol. The van der Waals surface area contributed by atoms with Gasteiger partial charge in [0.15, 0.2) is 0 Å². The summed E-state index contributed by atoms with van der Waals surface area (Å²) in [7, 11) is 4.09. The second-order valence-corrected chi connectivity index (χ2v) is 10.4. The highest BCUT2D eigenvalue weighted by molar-refractivity contribution is 7.26. The van der Waals surface area contributed by atoms with Gasteiger partial charge in [0.2, 0.25) is 0 Å². The number of nitrogens with one attached hydrogen (secondary N) is 1. The molecule has 1 saturated heterocycles. The summed E-state index contributed by atoms with van der Waals surface area (Å²) in [4.78, 5) is 19.9. The van der Waals surface area contributed by atoms with Crippen LogP contribution in [-0.2, 0) is 22.5 Å². The SMILES string of the molecule is CN(C)c1nc2sc3c(NCCCN4CCOCC4)ncnc3c2c2c1COC(C)(C)C2. The van der Waals surface area contributed by atoms with Gasteiger partial charge >= 0.3 is 0 Å². The molecule has 5 heterocycles. The van der Waals surface area contributed by atoms with Crippen molar-refractivity contribution in [1.29, 1.82) is 0 Å². The van der Waals surface area contributed by atoms with E-state index in [4.69, 9.17) is 19.4 Å². The van der Waals surface area contributed by atoms with E-state index in [9.17, 15) is 0 Å². The molecule has 172 valence electrons. The van der Waals surface area contributed by atoms with Crippen molar-refractivity contribution in [2.24, 2.45) is 0 Å². The number of aromatic nitrogens is 3. The molecule has 0 aliphatic carbocycles. The Balaban J connectivity index is 1.47. The molecule has 1 fully saturated rings. The summed E-state index contributed by atoms with van der Waals surface area (Å²) >= 11 is 1.69. The number of pyridine rings is 1. The lowest BCUT2D eigenvalue weighted by molar-refractivity contribution is -0.0395. The zero-order valence-corrected chi connectivity index (χ0v) is 20.2. The molecule has 1 N–H and O–H groups in total. The number of fused-ring (bicyclic) bond motifs is 5. The molecule has 8 nitrogen and oxygen atoms in total. The second-order valence-electron chi connectivity index (χ2n) is 9.43. The third-order valence-electron chi connectivity index (χ3n) is 6.28. The molecule has 3 aromatic heterocycles. The fourth-order valence-electron chi connectivity index (χ4n) is 4.62. The average Bonchev–Trinajstić information content (AvgIpc) is 3.15. The molecular formula is C23H32N6O2S. The zero-order chi connectivity index (χ0) is 22.3. The van der Waals surface area contributed by atoms with Gasteiger partial charge in [-0.15, -0.1) is 11.3 Å². The molecule has 0 aromatic carbocycles. The molecule has 0 bridgehead atoms. The molecule has 0 spiro atoms. The molecule has 0 radical (unpaired) electrons. The topological polar surface area (TPSA) is 75.6 Å². The molecule has 3 aromatic rings. The van der Waals surface area contributed by atoms with Gasteiger partial charge in [0.05, 0.1) is 35.6 Å². The number of hydrogen-bond donors (Lipinski definition) is 1. The summed E-state index contributed by atoms with van der Waals surface area (Å²) in [6, 6.07) is 0. The maximum absolute atomic E-state index is 6.14. The summed E-state index contributed by atoms with van der Waals surface area (Å²) in [5.41, 5.74) is 3.30. The summed E-state index contributed by atoms with van der Waals surface area (Å²) in [6.45, 7) is 10.6. The third-order valence-corrected chi connectivity index (χ3v) is 7.36. The lowest BCUT2D eigenvalue weighted by Gasteiger charge is -2.34. The third kappa shape index (κ3) is 4.14. The van der Waals surface area contributed by atoms with Gasteiger partial charge in [-0.1, -0.05) is 0 Å². The first-order valence-corrected chi connectivity index (χ1v) is 12.2. The van der Waals surface area contributed by atoms with Gasteiger partial charge in [0.25, 0.3) is 0 Å². The smallest absolute Gasteiger partial charge is 0.147 e. The van der Waals surface area contributed by atoms with Gasteiger partial charge < -0.3 is 19.7 Å². The van der Waals surface area contributed by atoms with Crippen LogP contribution in [0.4, 0.5) is 11.6 Å². The predicted octanol–water partition coefficient (Wildman–Crippen LogP) is 3.29. The molecular weight excluding hydrogens is 424 g/mol. The van der Waals surface area contributed by atoms with E-state index in [-0.39, 0.29) is 5.60 Å². The van der Waals surface area contributed by atoms with Crippen LogP contribution in [0.25, 0.3) is 20.4 Å². The van der Waals surface area contributed by atoms with Crippen molar-refractivity contribution in [1.82, 2.24) is 19.9 Å². The standard InChI is InChI=1S/C23H32N6O2S/c1-23(2)12-15-16(13-31-23)21(28(3)4)27-22-17(15)18-19(32-22)20(26-14-25-18)24-6-5-7-29-8-10-30-11-9-29/h14H,5-13H2,1-4H3,(H,24,25,26). The molecule has 5 rings (SSSR count). The highest BCUT2D eigenvalue weighted by Crippen LogP contribution is 2.43. The van der Waals surface area contributed by atoms with Crippen molar-refractivity contribution in [3.63, 3.8) is 0 Å². The van der Waals surface area contributed by atoms with Gasteiger partial charge in [0, 0.05) is 51.1 Å². The normalized spacial score (nSPS) is 18.8. The molecule has 0 amide bonds. The number of hydrogen-bond acceptors (Lipinski definition) is 9. The number of rotatable bonds is 6. The van der Waals surface area contributed by atoms with Crippen LogP contribution in [0.3, 0.4) is 0 Å². The van der Waals surface area contributed by atoms with Crippen molar-refractivity contribution in [2.45, 2.75) is 38.9 Å². The summed E-state index contributed by atoms with van der Waals surface area (Å²) < 4.78 is 12.7. The Kier molecular flexibility index (Phi) is 5.92. The van der Waals surface area contributed by atoms with E-state index in [0.29, 0.717) is 6.61 Å². The first-order valence-electron chi connectivity index (χ1n) is 11.4. The number of ether oxygens (including phenoxy) is 2. The van der Waals surface area contributed by atoms with Crippen LogP contribution < -0.4 is 10.2 Å². The van der Waals surface area contributed by atoms with Gasteiger partial charge in [-0.3, -0.25) is 4.90 Å². The quantitative estimate of drug-likeness (QED) is 0.567. The van der Waals surface area contributed by atoms with Crippen LogP contribution in [0.1, 0.15) is 31.4 Å². The minimum atomic E-state index is -0.202. The van der Waals surface area contributed by atoms with E-state index in [1.54, 1.807) is 17.7 Å². The number of morpholine rings is 1. The van der Waals surface area contributed by atoms with E-state index in [0.717, 1.165) is 78.9 Å². The zero-order valence-electron chi connectivity index (χ0n) is 19.4. The van der Waals surface area contributed by atoms with E-state index >= 15 is 0 Å². The minimum Gasteiger partial charge on any atom is -0.379 e. The fourth-order valence-corrected chi connectivity index (χ4v) is 5.74. The molecule has 0 saturated carbocycles. The summed E-state index contributed by atoms with van der Waals surface area (Å²) in [6.07, 6.45) is 3.59. The first-order chi connectivity index (χ1) is 15.4. The fraction of sp³-hybridized carbons (Fsp3) is 0.609. The summed E-state index contributed by atoms with van der Waals surface area (Å²) in [5, 5.41) is 4.73. The van der Waals surface area contributed by atoms with Crippen LogP contribution in [0.2, 0.25) is 0 Å². The van der Waals surface area contributed by atoms with Crippen LogP contribution in [0.15, 0.2) is 6.33 Å². The lowest BCUT2D eigenvalue weighted by atomic mass is 9.90. The van der Waals surface area contributed by atoms with Crippen molar-refractivity contribution in [2.75, 3.05) is 63.7 Å². The van der Waals surface area contributed by atoms with Gasteiger partial charge in [-0.2, -0.15) is 0 Å². The van der Waals surface area contributed by atoms with E-state index < -0.39 is 0 Å². The van der Waals surface area contributed by atoms with Crippen molar-refractivity contribution < 1.29 is 9.47 Å². The molecule has 0 unspecified atom stereocenters. The number of anilines is 2. The molecule has 2 aliphatic heterocycles. The Hall–Kier alpha value is -2.07. The van der Waals surface area contributed by atoms with Crippen LogP contribution in [-0.4, -0.2) is 78.9 Å². The Morgan fingerprint density at radius 3 is 2.78 bits per heavy atom. The number of thiophene rings is 1. The van der Waals surface area contributed by atoms with Crippen LogP contribution in [0, 0.1) is 0 Å². The largest absolute Gasteiger partial charge is 0.379 e. The molecule has 32 heavy (non-hydrogen) atoms. The second kappa shape index (κ2) is 8.70. The maximum atomic E-state index is 6.14. The van der Waals surface area contributed by atoms with Gasteiger partial charge in [0.1, 0.15) is 22.8 Å². The first kappa shape index (κ1) is 21.8. The van der Waals surface area contributed by atoms with Gasteiger partial charge in [-0.05, 0) is 32.4 Å². The van der Waals surface area contributed by atoms with E-state index in [1.165, 1.54) is 16.5 Å². The van der Waals surface area contributed by atoms with Gasteiger partial charge in [-0.25, -0.2) is 15.0 Å². The lowest BCUT2D eigenvalue weighted by Crippen LogP contribution is -2.37. The van der Waals surface area contributed by atoms with E-state index in [2.05, 4.69) is 33.9 Å². The Bertz CT molecular complexity index is 1120. The molecule has 0 atom stereocenters.